The second-order valence-electron chi connectivity index (χ2n) is 13.9. The van der Waals surface area contributed by atoms with Crippen LogP contribution in [0.4, 0.5) is 10.5 Å². The van der Waals surface area contributed by atoms with Gasteiger partial charge in [0, 0.05) is 50.6 Å². The van der Waals surface area contributed by atoms with E-state index in [2.05, 4.69) is 15.5 Å². The van der Waals surface area contributed by atoms with Crippen LogP contribution in [-0.2, 0) is 30.3 Å². The molecule has 4 atom stereocenters. The molecule has 3 heterocycles. The van der Waals surface area contributed by atoms with Gasteiger partial charge in [0.15, 0.2) is 0 Å². The minimum atomic E-state index is -1.80. The fourth-order valence-corrected chi connectivity index (χ4v) is 8.47. The number of nitrogens with one attached hydrogen (secondary N) is 2. The standard InChI is InChI=1S/C38H45N5O6/c1-2-28-29-15-16-30-31(35(46)42(33(30)44)27-11-7-4-8-12-27)32(29)38(23-25-9-5-3-6-10-25,36(47)40-24-26-13-14-26)43(34(28)45)37(48)39-17-18-41-19-21-49-22-20-41/h3-12,26,30-32H,2,13-24H2,1H3,(H,39,48)(H,40,47)/t30-,31-,32+,38+/m1/s1. The number of carbonyl (C=O) groups excluding carboxylic acids is 5. The summed E-state index contributed by atoms with van der Waals surface area (Å²) in [5.41, 5.74) is 0.602. The van der Waals surface area contributed by atoms with Gasteiger partial charge in [-0.2, -0.15) is 0 Å². The van der Waals surface area contributed by atoms with Gasteiger partial charge in [-0.25, -0.2) is 9.69 Å². The zero-order chi connectivity index (χ0) is 34.1. The summed E-state index contributed by atoms with van der Waals surface area (Å²) in [6, 6.07) is 17.6. The van der Waals surface area contributed by atoms with Crippen LogP contribution in [0.2, 0.25) is 0 Å². The van der Waals surface area contributed by atoms with Gasteiger partial charge in [-0.05, 0) is 55.7 Å². The van der Waals surface area contributed by atoms with Crippen molar-refractivity contribution < 1.29 is 28.7 Å². The number of imide groups is 2. The molecule has 2 aromatic carbocycles. The minimum Gasteiger partial charge on any atom is -0.379 e. The smallest absolute Gasteiger partial charge is 0.325 e. The molecular formula is C38H45N5O6. The largest absolute Gasteiger partial charge is 0.379 e. The van der Waals surface area contributed by atoms with E-state index in [0.29, 0.717) is 62.7 Å². The van der Waals surface area contributed by atoms with Crippen molar-refractivity contribution in [2.75, 3.05) is 50.8 Å². The Hall–Kier alpha value is -4.35. The van der Waals surface area contributed by atoms with E-state index in [1.54, 1.807) is 24.3 Å². The molecule has 5 aliphatic rings. The molecule has 2 N–H and O–H groups in total. The van der Waals surface area contributed by atoms with Crippen LogP contribution in [0.15, 0.2) is 71.8 Å². The highest BCUT2D eigenvalue weighted by atomic mass is 16.5. The van der Waals surface area contributed by atoms with Crippen LogP contribution in [0.5, 0.6) is 0 Å². The van der Waals surface area contributed by atoms with E-state index < -0.39 is 47.0 Å². The molecule has 3 aliphatic heterocycles. The number of benzene rings is 2. The van der Waals surface area contributed by atoms with Crippen LogP contribution >= 0.6 is 0 Å². The Kier molecular flexibility index (Phi) is 9.39. The topological polar surface area (TPSA) is 128 Å². The highest BCUT2D eigenvalue weighted by molar-refractivity contribution is 6.23. The number of fused-ring (bicyclic) bond motifs is 3. The molecule has 2 aromatic rings. The van der Waals surface area contributed by atoms with Crippen LogP contribution in [0.25, 0.3) is 0 Å². The number of hydrogen-bond donors (Lipinski definition) is 2. The third-order valence-corrected chi connectivity index (χ3v) is 11.0. The molecular weight excluding hydrogens is 622 g/mol. The molecule has 2 aliphatic carbocycles. The Balaban J connectivity index is 1.36. The molecule has 0 radical (unpaired) electrons. The highest BCUT2D eigenvalue weighted by Gasteiger charge is 2.67. The van der Waals surface area contributed by atoms with Crippen molar-refractivity contribution in [3.63, 3.8) is 0 Å². The summed E-state index contributed by atoms with van der Waals surface area (Å²) in [5.74, 6) is -3.83. The van der Waals surface area contributed by atoms with Crippen molar-refractivity contribution in [1.29, 1.82) is 0 Å². The second-order valence-corrected chi connectivity index (χ2v) is 13.9. The predicted octanol–water partition coefficient (Wildman–Crippen LogP) is 3.30. The number of para-hydroxylation sites is 1. The van der Waals surface area contributed by atoms with Crippen molar-refractivity contribution in [2.45, 2.75) is 51.0 Å². The van der Waals surface area contributed by atoms with Crippen LogP contribution in [-0.4, -0.2) is 90.9 Å². The monoisotopic (exact) mass is 667 g/mol. The van der Waals surface area contributed by atoms with E-state index in [9.17, 15) is 19.2 Å². The first-order valence-electron chi connectivity index (χ1n) is 17.7. The summed E-state index contributed by atoms with van der Waals surface area (Å²) < 4.78 is 5.47. The summed E-state index contributed by atoms with van der Waals surface area (Å²) >= 11 is 0. The maximum absolute atomic E-state index is 15.1. The lowest BCUT2D eigenvalue weighted by Crippen LogP contribution is -2.73. The number of nitrogens with zero attached hydrogens (tertiary/aromatic N) is 3. The van der Waals surface area contributed by atoms with Gasteiger partial charge in [0.25, 0.3) is 5.91 Å². The maximum Gasteiger partial charge on any atom is 0.325 e. The fraction of sp³-hybridized carbons (Fsp3) is 0.500. The normalized spacial score (nSPS) is 27.2. The van der Waals surface area contributed by atoms with E-state index in [1.165, 1.54) is 4.90 Å². The number of morpholine rings is 1. The molecule has 11 heteroatoms. The highest BCUT2D eigenvalue weighted by Crippen LogP contribution is 2.55. The van der Waals surface area contributed by atoms with Gasteiger partial charge in [-0.1, -0.05) is 61.0 Å². The summed E-state index contributed by atoms with van der Waals surface area (Å²) in [4.78, 5) is 77.7. The van der Waals surface area contributed by atoms with E-state index >= 15 is 4.79 Å². The Labute approximate surface area is 287 Å². The lowest BCUT2D eigenvalue weighted by atomic mass is 9.57. The average molecular weight is 668 g/mol. The van der Waals surface area contributed by atoms with Gasteiger partial charge in [0.05, 0.1) is 30.7 Å². The van der Waals surface area contributed by atoms with Gasteiger partial charge >= 0.3 is 6.03 Å². The number of urea groups is 1. The van der Waals surface area contributed by atoms with Gasteiger partial charge in [-0.15, -0.1) is 0 Å². The van der Waals surface area contributed by atoms with Crippen molar-refractivity contribution in [3.8, 4) is 0 Å². The first-order valence-corrected chi connectivity index (χ1v) is 17.7. The number of amides is 6. The summed E-state index contributed by atoms with van der Waals surface area (Å²) in [7, 11) is 0. The Morgan fingerprint density at radius 3 is 2.27 bits per heavy atom. The Morgan fingerprint density at radius 1 is 0.898 bits per heavy atom. The van der Waals surface area contributed by atoms with Crippen LogP contribution in [0.1, 0.15) is 44.6 Å². The third kappa shape index (κ3) is 6.07. The minimum absolute atomic E-state index is 0.00809. The maximum atomic E-state index is 15.1. The van der Waals surface area contributed by atoms with E-state index in [4.69, 9.17) is 4.74 Å². The van der Waals surface area contributed by atoms with E-state index in [-0.39, 0.29) is 18.9 Å². The van der Waals surface area contributed by atoms with Crippen LogP contribution < -0.4 is 15.5 Å². The van der Waals surface area contributed by atoms with Gasteiger partial charge in [-0.3, -0.25) is 29.0 Å². The van der Waals surface area contributed by atoms with Crippen LogP contribution in [0, 0.1) is 23.7 Å². The molecule has 0 spiro atoms. The van der Waals surface area contributed by atoms with Gasteiger partial charge in [0.2, 0.25) is 17.7 Å². The van der Waals surface area contributed by atoms with Crippen molar-refractivity contribution in [1.82, 2.24) is 20.4 Å². The molecule has 0 aromatic heterocycles. The molecule has 2 saturated carbocycles. The number of hydrogen-bond acceptors (Lipinski definition) is 7. The first-order chi connectivity index (χ1) is 23.8. The zero-order valence-corrected chi connectivity index (χ0v) is 28.1. The predicted molar refractivity (Wildman–Crippen MR) is 182 cm³/mol. The number of anilines is 1. The van der Waals surface area contributed by atoms with Crippen molar-refractivity contribution >= 4 is 35.3 Å². The lowest BCUT2D eigenvalue weighted by Gasteiger charge is -2.54. The molecule has 258 valence electrons. The van der Waals surface area contributed by atoms with Crippen molar-refractivity contribution in [3.05, 3.63) is 77.4 Å². The van der Waals surface area contributed by atoms with E-state index in [0.717, 1.165) is 42.0 Å². The molecule has 0 bridgehead atoms. The lowest BCUT2D eigenvalue weighted by molar-refractivity contribution is -0.151. The number of rotatable bonds is 10. The third-order valence-electron chi connectivity index (χ3n) is 11.0. The Bertz CT molecular complexity index is 1640. The van der Waals surface area contributed by atoms with Gasteiger partial charge < -0.3 is 15.4 Å². The zero-order valence-electron chi connectivity index (χ0n) is 28.1. The Morgan fingerprint density at radius 2 is 1.59 bits per heavy atom. The van der Waals surface area contributed by atoms with Crippen LogP contribution in [0.3, 0.4) is 0 Å². The fourth-order valence-electron chi connectivity index (χ4n) is 8.47. The summed E-state index contributed by atoms with van der Waals surface area (Å²) in [6.45, 7) is 5.82. The van der Waals surface area contributed by atoms with Gasteiger partial charge in [0.1, 0.15) is 5.54 Å². The molecule has 11 nitrogen and oxygen atoms in total. The second kappa shape index (κ2) is 13.9. The average Bonchev–Trinajstić information content (AvgIpc) is 3.92. The summed E-state index contributed by atoms with van der Waals surface area (Å²) in [6.07, 6.45) is 3.10. The molecule has 49 heavy (non-hydrogen) atoms. The SMILES string of the molecule is CCC1=C2CC[C@H]3C(=O)N(c4ccccc4)C(=O)[C@H]3[C@H]2[C@@](Cc2ccccc2)(C(=O)NCC2CC2)N(C(=O)NCCN2CCOCC2)C1=O. The summed E-state index contributed by atoms with van der Waals surface area (Å²) in [5, 5.41) is 6.11. The molecule has 0 unspecified atom stereocenters. The van der Waals surface area contributed by atoms with E-state index in [1.807, 2.05) is 43.3 Å². The molecule has 4 fully saturated rings. The molecule has 6 amide bonds. The molecule has 7 rings (SSSR count). The van der Waals surface area contributed by atoms with Crippen molar-refractivity contribution in [2.24, 2.45) is 23.7 Å². The molecule has 2 saturated heterocycles. The number of ether oxygens (including phenoxy) is 1. The number of carbonyl (C=O) groups is 5. The quantitative estimate of drug-likeness (QED) is 0.373. The first kappa shape index (κ1) is 33.2.